The van der Waals surface area contributed by atoms with Crippen molar-refractivity contribution < 1.29 is 9.53 Å². The van der Waals surface area contributed by atoms with Crippen molar-refractivity contribution in [1.82, 2.24) is 10.2 Å². The Hall–Kier alpha value is -0.650. The lowest BCUT2D eigenvalue weighted by Crippen LogP contribution is -2.82. The van der Waals surface area contributed by atoms with Crippen LogP contribution in [0.2, 0.25) is 0 Å². The van der Waals surface area contributed by atoms with Crippen LogP contribution in [0.25, 0.3) is 0 Å². The van der Waals surface area contributed by atoms with Crippen molar-refractivity contribution in [2.45, 2.75) is 78.1 Å². The van der Waals surface area contributed by atoms with Gasteiger partial charge in [-0.05, 0) is 40.5 Å². The van der Waals surface area contributed by atoms with Gasteiger partial charge in [-0.15, -0.1) is 0 Å². The van der Waals surface area contributed by atoms with E-state index in [2.05, 4.69) is 51.8 Å². The van der Waals surface area contributed by atoms with Crippen molar-refractivity contribution in [3.63, 3.8) is 0 Å². The molecule has 3 unspecified atom stereocenters. The lowest BCUT2D eigenvalue weighted by molar-refractivity contribution is -0.225. The van der Waals surface area contributed by atoms with E-state index in [-0.39, 0.29) is 23.3 Å². The molecule has 1 amide bonds. The van der Waals surface area contributed by atoms with Gasteiger partial charge in [-0.25, -0.2) is 0 Å². The lowest BCUT2D eigenvalue weighted by Gasteiger charge is -2.65. The summed E-state index contributed by atoms with van der Waals surface area (Å²) in [6.07, 6.45) is 2.11. The summed E-state index contributed by atoms with van der Waals surface area (Å²) < 4.78 is 5.88. The second-order valence-electron chi connectivity index (χ2n) is 8.31. The van der Waals surface area contributed by atoms with Crippen LogP contribution in [-0.2, 0) is 9.53 Å². The smallest absolute Gasteiger partial charge is 0.241 e. The molecule has 2 fully saturated rings. The van der Waals surface area contributed by atoms with Crippen LogP contribution in [-0.4, -0.2) is 54.2 Å². The number of fused-ring (bicyclic) bond motifs is 1. The Labute approximate surface area is 141 Å². The minimum Gasteiger partial charge on any atom is -0.377 e. The molecule has 5 heteroatoms. The summed E-state index contributed by atoms with van der Waals surface area (Å²) in [4.78, 5) is 15.2. The van der Waals surface area contributed by atoms with Gasteiger partial charge in [0, 0.05) is 43.1 Å². The summed E-state index contributed by atoms with van der Waals surface area (Å²) >= 11 is 0. The number of carbonyl (C=O) groups is 1. The zero-order valence-electron chi connectivity index (χ0n) is 15.7. The summed E-state index contributed by atoms with van der Waals surface area (Å²) in [5.74, 6) is 0.138. The molecule has 1 heterocycles. The predicted octanol–water partition coefficient (Wildman–Crippen LogP) is 1.75. The van der Waals surface area contributed by atoms with Crippen molar-refractivity contribution >= 4 is 5.91 Å². The fourth-order valence-electron chi connectivity index (χ4n) is 4.59. The van der Waals surface area contributed by atoms with Crippen LogP contribution in [0.1, 0.15) is 54.4 Å². The zero-order chi connectivity index (χ0) is 17.4. The summed E-state index contributed by atoms with van der Waals surface area (Å²) in [6, 6.07) is 0.935. The number of rotatable bonds is 6. The fraction of sp³-hybridized carbons (Fsp3) is 0.944. The molecule has 0 bridgehead atoms. The summed E-state index contributed by atoms with van der Waals surface area (Å²) in [5.41, 5.74) is 5.50. The number of ether oxygens (including phenoxy) is 1. The van der Waals surface area contributed by atoms with E-state index < -0.39 is 5.54 Å². The molecule has 2 aliphatic rings. The molecule has 0 spiro atoms. The Bertz CT molecular complexity index is 428. The van der Waals surface area contributed by atoms with E-state index in [1.807, 2.05) is 0 Å². The average Bonchev–Trinajstić information content (AvgIpc) is 2.49. The minimum absolute atomic E-state index is 0.0123. The Balaban J connectivity index is 1.95. The molecule has 23 heavy (non-hydrogen) atoms. The molecule has 2 rings (SSSR count). The van der Waals surface area contributed by atoms with Crippen molar-refractivity contribution in [2.75, 3.05) is 19.7 Å². The Morgan fingerprint density at radius 1 is 1.30 bits per heavy atom. The highest BCUT2D eigenvalue weighted by molar-refractivity contribution is 5.89. The maximum atomic E-state index is 12.8. The molecule has 0 aromatic heterocycles. The van der Waals surface area contributed by atoms with Crippen LogP contribution >= 0.6 is 0 Å². The molecule has 3 N–H and O–H groups in total. The number of nitrogens with zero attached hydrogens (tertiary/aromatic N) is 1. The largest absolute Gasteiger partial charge is 0.377 e. The van der Waals surface area contributed by atoms with Gasteiger partial charge < -0.3 is 15.8 Å². The monoisotopic (exact) mass is 325 g/mol. The predicted molar refractivity (Wildman–Crippen MR) is 93.2 cm³/mol. The van der Waals surface area contributed by atoms with E-state index in [0.29, 0.717) is 18.6 Å². The fourth-order valence-corrected chi connectivity index (χ4v) is 4.59. The van der Waals surface area contributed by atoms with Crippen LogP contribution in [0.3, 0.4) is 0 Å². The van der Waals surface area contributed by atoms with Crippen LogP contribution in [0.5, 0.6) is 0 Å². The van der Waals surface area contributed by atoms with Crippen molar-refractivity contribution in [3.05, 3.63) is 0 Å². The second-order valence-corrected chi connectivity index (χ2v) is 8.31. The Morgan fingerprint density at radius 2 is 1.91 bits per heavy atom. The molecule has 5 nitrogen and oxygen atoms in total. The summed E-state index contributed by atoms with van der Waals surface area (Å²) in [7, 11) is 0. The second kappa shape index (κ2) is 6.69. The number of nitrogens with one attached hydrogen (secondary N) is 1. The van der Waals surface area contributed by atoms with Crippen molar-refractivity contribution in [3.8, 4) is 0 Å². The topological polar surface area (TPSA) is 67.6 Å². The molecule has 1 saturated carbocycles. The molecule has 134 valence electrons. The Morgan fingerprint density at radius 3 is 2.48 bits per heavy atom. The first-order chi connectivity index (χ1) is 10.6. The minimum atomic E-state index is -0.807. The van der Waals surface area contributed by atoms with Gasteiger partial charge >= 0.3 is 0 Å². The SMILES string of the molecule is CC(C)N(CCNC(=O)C1(N)C2CCCOC2C1(C)C)C(C)C. The molecule has 0 radical (unpaired) electrons. The van der Waals surface area contributed by atoms with E-state index >= 15 is 0 Å². The zero-order valence-corrected chi connectivity index (χ0v) is 15.7. The number of carbonyl (C=O) groups excluding carboxylic acids is 1. The van der Waals surface area contributed by atoms with Gasteiger partial charge in [-0.2, -0.15) is 0 Å². The van der Waals surface area contributed by atoms with E-state index in [0.717, 1.165) is 26.0 Å². The first-order valence-electron chi connectivity index (χ1n) is 9.08. The first kappa shape index (κ1) is 18.7. The third-order valence-electron chi connectivity index (χ3n) is 6.04. The van der Waals surface area contributed by atoms with E-state index in [1.165, 1.54) is 0 Å². The molecular formula is C18H35N3O2. The molecule has 1 aliphatic carbocycles. The van der Waals surface area contributed by atoms with E-state index in [1.54, 1.807) is 0 Å². The van der Waals surface area contributed by atoms with Crippen molar-refractivity contribution in [1.29, 1.82) is 0 Å². The van der Waals surface area contributed by atoms with Gasteiger partial charge in [-0.1, -0.05) is 13.8 Å². The third kappa shape index (κ3) is 3.03. The lowest BCUT2D eigenvalue weighted by atomic mass is 9.46. The average molecular weight is 325 g/mol. The number of amides is 1. The summed E-state index contributed by atoms with van der Waals surface area (Å²) in [6.45, 7) is 15.2. The molecule has 1 aliphatic heterocycles. The maximum absolute atomic E-state index is 12.8. The highest BCUT2D eigenvalue weighted by Gasteiger charge is 2.70. The molecule has 1 saturated heterocycles. The van der Waals surface area contributed by atoms with Crippen molar-refractivity contribution in [2.24, 2.45) is 17.1 Å². The number of hydrogen-bond acceptors (Lipinski definition) is 4. The quantitative estimate of drug-likeness (QED) is 0.781. The maximum Gasteiger partial charge on any atom is 0.241 e. The van der Waals surface area contributed by atoms with Gasteiger partial charge in [0.25, 0.3) is 0 Å². The molecule has 0 aromatic carbocycles. The van der Waals surface area contributed by atoms with Gasteiger partial charge in [0.1, 0.15) is 5.54 Å². The van der Waals surface area contributed by atoms with E-state index in [4.69, 9.17) is 10.5 Å². The van der Waals surface area contributed by atoms with Crippen LogP contribution in [0, 0.1) is 11.3 Å². The van der Waals surface area contributed by atoms with Crippen LogP contribution in [0.15, 0.2) is 0 Å². The van der Waals surface area contributed by atoms with Crippen LogP contribution in [0.4, 0.5) is 0 Å². The highest BCUT2D eigenvalue weighted by atomic mass is 16.5. The van der Waals surface area contributed by atoms with Gasteiger partial charge in [0.2, 0.25) is 5.91 Å². The standard InChI is InChI=1S/C18H35N3O2/c1-12(2)21(13(3)4)10-9-20-16(22)18(19)14-8-7-11-23-15(14)17(18,5)6/h12-15H,7-11,19H2,1-6H3,(H,20,22). The summed E-state index contributed by atoms with van der Waals surface area (Å²) in [5, 5.41) is 3.09. The number of nitrogens with two attached hydrogens (primary N) is 1. The molecule has 0 aromatic rings. The third-order valence-corrected chi connectivity index (χ3v) is 6.04. The Kier molecular flexibility index (Phi) is 5.44. The van der Waals surface area contributed by atoms with E-state index in [9.17, 15) is 4.79 Å². The number of hydrogen-bond donors (Lipinski definition) is 2. The molecular weight excluding hydrogens is 290 g/mol. The normalized spacial score (nSPS) is 32.8. The van der Waals surface area contributed by atoms with Gasteiger partial charge in [0.05, 0.1) is 6.10 Å². The first-order valence-corrected chi connectivity index (χ1v) is 9.08. The van der Waals surface area contributed by atoms with Crippen LogP contribution < -0.4 is 11.1 Å². The molecule has 3 atom stereocenters. The highest BCUT2D eigenvalue weighted by Crippen LogP contribution is 2.57. The van der Waals surface area contributed by atoms with Gasteiger partial charge in [-0.3, -0.25) is 9.69 Å². The van der Waals surface area contributed by atoms with Gasteiger partial charge in [0.15, 0.2) is 0 Å².